The van der Waals surface area contributed by atoms with Crippen LogP contribution >= 0.6 is 0 Å². The Kier molecular flexibility index (Phi) is 4.22. The van der Waals surface area contributed by atoms with Gasteiger partial charge in [0.25, 0.3) is 0 Å². The van der Waals surface area contributed by atoms with Gasteiger partial charge >= 0.3 is 5.97 Å². The topological polar surface area (TPSA) is 78.4 Å². The lowest BCUT2D eigenvalue weighted by molar-refractivity contribution is -0.140. The summed E-state index contributed by atoms with van der Waals surface area (Å²) in [6.45, 7) is 1.60. The minimum atomic E-state index is -0.818. The highest BCUT2D eigenvalue weighted by Gasteiger charge is 2.37. The van der Waals surface area contributed by atoms with Crippen LogP contribution in [0.2, 0.25) is 0 Å². The second-order valence-electron chi connectivity index (χ2n) is 5.59. The normalized spacial score (nSPS) is 26.8. The molecule has 0 aromatic rings. The number of carbonyl (C=O) groups is 2. The van der Waals surface area contributed by atoms with Gasteiger partial charge in [0.1, 0.15) is 0 Å². The van der Waals surface area contributed by atoms with E-state index in [0.717, 1.165) is 51.6 Å². The monoisotopic (exact) mass is 254 g/mol. The summed E-state index contributed by atoms with van der Waals surface area (Å²) < 4.78 is 0. The third-order valence-corrected chi connectivity index (χ3v) is 4.12. The first-order chi connectivity index (χ1) is 8.61. The van der Waals surface area contributed by atoms with Crippen molar-refractivity contribution in [1.82, 2.24) is 10.6 Å². The van der Waals surface area contributed by atoms with Crippen LogP contribution in [-0.4, -0.2) is 35.6 Å². The highest BCUT2D eigenvalue weighted by atomic mass is 16.4. The number of hydrogen-bond acceptors (Lipinski definition) is 3. The molecule has 1 aliphatic heterocycles. The van der Waals surface area contributed by atoms with Crippen molar-refractivity contribution in [2.75, 3.05) is 13.1 Å². The van der Waals surface area contributed by atoms with E-state index in [2.05, 4.69) is 10.6 Å². The Labute approximate surface area is 107 Å². The molecular weight excluding hydrogens is 232 g/mol. The van der Waals surface area contributed by atoms with E-state index in [4.69, 9.17) is 5.11 Å². The molecule has 3 N–H and O–H groups in total. The number of carboxylic acids is 1. The molecule has 1 saturated heterocycles. The number of nitrogens with one attached hydrogen (secondary N) is 2. The fourth-order valence-electron chi connectivity index (χ4n) is 3.11. The fraction of sp³-hybridized carbons (Fsp3) is 0.846. The number of aliphatic carboxylic acids is 1. The zero-order valence-corrected chi connectivity index (χ0v) is 10.7. The van der Waals surface area contributed by atoms with E-state index >= 15 is 0 Å². The summed E-state index contributed by atoms with van der Waals surface area (Å²) in [7, 11) is 0. The van der Waals surface area contributed by atoms with Gasteiger partial charge < -0.3 is 15.7 Å². The summed E-state index contributed by atoms with van der Waals surface area (Å²) in [5, 5.41) is 15.3. The van der Waals surface area contributed by atoms with E-state index in [1.165, 1.54) is 0 Å². The van der Waals surface area contributed by atoms with Gasteiger partial charge in [0.05, 0.1) is 17.9 Å². The fourth-order valence-corrected chi connectivity index (χ4v) is 3.11. The lowest BCUT2D eigenvalue weighted by Crippen LogP contribution is -2.53. The molecule has 0 aromatic carbocycles. The maximum Gasteiger partial charge on any atom is 0.305 e. The van der Waals surface area contributed by atoms with Crippen molar-refractivity contribution in [1.29, 1.82) is 0 Å². The Morgan fingerprint density at radius 3 is 2.56 bits per heavy atom. The van der Waals surface area contributed by atoms with E-state index in [0.29, 0.717) is 0 Å². The van der Waals surface area contributed by atoms with E-state index in [9.17, 15) is 9.59 Å². The van der Waals surface area contributed by atoms with Gasteiger partial charge in [-0.05, 0) is 25.8 Å². The molecule has 102 valence electrons. The van der Waals surface area contributed by atoms with Crippen molar-refractivity contribution in [3.8, 4) is 0 Å². The Bertz CT molecular complexity index is 318. The second kappa shape index (κ2) is 5.69. The van der Waals surface area contributed by atoms with Gasteiger partial charge in [0, 0.05) is 6.54 Å². The highest BCUT2D eigenvalue weighted by Crippen LogP contribution is 2.31. The van der Waals surface area contributed by atoms with E-state index in [1.807, 2.05) is 0 Å². The number of rotatable bonds is 4. The van der Waals surface area contributed by atoms with Crippen molar-refractivity contribution >= 4 is 11.9 Å². The maximum atomic E-state index is 12.2. The van der Waals surface area contributed by atoms with Gasteiger partial charge in [-0.3, -0.25) is 9.59 Å². The van der Waals surface area contributed by atoms with Crippen LogP contribution in [0.25, 0.3) is 0 Å². The summed E-state index contributed by atoms with van der Waals surface area (Å²) >= 11 is 0. The number of hydrogen-bond donors (Lipinski definition) is 3. The lowest BCUT2D eigenvalue weighted by atomic mass is 9.79. The number of amides is 1. The van der Waals surface area contributed by atoms with Crippen LogP contribution in [0.3, 0.4) is 0 Å². The van der Waals surface area contributed by atoms with Crippen LogP contribution in [0, 0.1) is 5.92 Å². The first kappa shape index (κ1) is 13.3. The van der Waals surface area contributed by atoms with Gasteiger partial charge in [-0.1, -0.05) is 19.3 Å². The largest absolute Gasteiger partial charge is 0.481 e. The Balaban J connectivity index is 1.99. The maximum absolute atomic E-state index is 12.2. The molecule has 1 saturated carbocycles. The van der Waals surface area contributed by atoms with Crippen LogP contribution in [0.15, 0.2) is 0 Å². The SMILES string of the molecule is O=C(O)CC1(NC(=O)C2CCNC2)CCCCC1. The minimum absolute atomic E-state index is 0.0117. The van der Waals surface area contributed by atoms with Crippen LogP contribution in [0.5, 0.6) is 0 Å². The Hall–Kier alpha value is -1.10. The van der Waals surface area contributed by atoms with Gasteiger partial charge in [0.15, 0.2) is 0 Å². The van der Waals surface area contributed by atoms with Gasteiger partial charge in [-0.15, -0.1) is 0 Å². The first-order valence-corrected chi connectivity index (χ1v) is 6.86. The van der Waals surface area contributed by atoms with Gasteiger partial charge in [0.2, 0.25) is 5.91 Å². The van der Waals surface area contributed by atoms with E-state index in [1.54, 1.807) is 0 Å². The van der Waals surface area contributed by atoms with Crippen molar-refractivity contribution in [2.24, 2.45) is 5.92 Å². The first-order valence-electron chi connectivity index (χ1n) is 6.86. The van der Waals surface area contributed by atoms with Gasteiger partial charge in [-0.2, -0.15) is 0 Å². The highest BCUT2D eigenvalue weighted by molar-refractivity contribution is 5.81. The van der Waals surface area contributed by atoms with Crippen molar-refractivity contribution in [2.45, 2.75) is 50.5 Å². The van der Waals surface area contributed by atoms with Crippen molar-refractivity contribution in [3.05, 3.63) is 0 Å². The summed E-state index contributed by atoms with van der Waals surface area (Å²) in [5.74, 6) is -0.775. The molecule has 0 radical (unpaired) electrons. The summed E-state index contributed by atoms with van der Waals surface area (Å²) in [5.41, 5.74) is -0.496. The molecule has 2 fully saturated rings. The zero-order chi connectivity index (χ0) is 13.0. The lowest BCUT2D eigenvalue weighted by Gasteiger charge is -2.37. The van der Waals surface area contributed by atoms with E-state index in [-0.39, 0.29) is 18.2 Å². The van der Waals surface area contributed by atoms with Gasteiger partial charge in [-0.25, -0.2) is 0 Å². The molecular formula is C13H22N2O3. The summed E-state index contributed by atoms with van der Waals surface area (Å²) in [4.78, 5) is 23.2. The molecule has 1 aliphatic carbocycles. The Morgan fingerprint density at radius 2 is 2.00 bits per heavy atom. The molecule has 2 rings (SSSR count). The second-order valence-corrected chi connectivity index (χ2v) is 5.59. The number of carbonyl (C=O) groups excluding carboxylic acids is 1. The minimum Gasteiger partial charge on any atom is -0.481 e. The average molecular weight is 254 g/mol. The molecule has 1 atom stereocenters. The standard InChI is InChI=1S/C13H22N2O3/c16-11(17)8-13(5-2-1-3-6-13)15-12(18)10-4-7-14-9-10/h10,14H,1-9H2,(H,15,18)(H,16,17). The summed E-state index contributed by atoms with van der Waals surface area (Å²) in [6.07, 6.45) is 5.67. The van der Waals surface area contributed by atoms with Crippen LogP contribution in [0.1, 0.15) is 44.9 Å². The van der Waals surface area contributed by atoms with E-state index < -0.39 is 11.5 Å². The van der Waals surface area contributed by atoms with Crippen molar-refractivity contribution < 1.29 is 14.7 Å². The molecule has 0 bridgehead atoms. The molecule has 0 spiro atoms. The molecule has 1 amide bonds. The molecule has 5 nitrogen and oxygen atoms in total. The molecule has 5 heteroatoms. The molecule has 1 heterocycles. The number of carboxylic acid groups (broad SMARTS) is 1. The third kappa shape index (κ3) is 3.22. The average Bonchev–Trinajstić information content (AvgIpc) is 2.82. The predicted molar refractivity (Wildman–Crippen MR) is 67.2 cm³/mol. The zero-order valence-electron chi connectivity index (χ0n) is 10.7. The van der Waals surface area contributed by atoms with Crippen LogP contribution < -0.4 is 10.6 Å². The molecule has 0 aromatic heterocycles. The predicted octanol–water partition coefficient (Wildman–Crippen LogP) is 0.890. The quantitative estimate of drug-likeness (QED) is 0.696. The summed E-state index contributed by atoms with van der Waals surface area (Å²) in [6, 6.07) is 0. The Morgan fingerprint density at radius 1 is 1.28 bits per heavy atom. The third-order valence-electron chi connectivity index (χ3n) is 4.12. The van der Waals surface area contributed by atoms with Crippen LogP contribution in [-0.2, 0) is 9.59 Å². The molecule has 2 aliphatic rings. The van der Waals surface area contributed by atoms with Crippen LogP contribution in [0.4, 0.5) is 0 Å². The molecule has 1 unspecified atom stereocenters. The smallest absolute Gasteiger partial charge is 0.305 e. The molecule has 18 heavy (non-hydrogen) atoms. The van der Waals surface area contributed by atoms with Crippen molar-refractivity contribution in [3.63, 3.8) is 0 Å².